The third kappa shape index (κ3) is 11.7. The van der Waals surface area contributed by atoms with Crippen LogP contribution in [0.15, 0.2) is 0 Å². The Bertz CT molecular complexity index is 545. The molecule has 4 unspecified atom stereocenters. The number of rotatable bonds is 9. The lowest BCUT2D eigenvalue weighted by Gasteiger charge is -2.31. The van der Waals surface area contributed by atoms with Crippen LogP contribution in [0.4, 0.5) is 4.79 Å². The van der Waals surface area contributed by atoms with Crippen LogP contribution in [-0.4, -0.2) is 68.4 Å². The third-order valence-electron chi connectivity index (χ3n) is 4.71. The molecule has 1 N–H and O–H groups in total. The molecule has 0 bridgehead atoms. The largest absolute Gasteiger partial charge is 0.458 e. The van der Waals surface area contributed by atoms with Gasteiger partial charge in [0.1, 0.15) is 23.9 Å². The summed E-state index contributed by atoms with van der Waals surface area (Å²) in [7, 11) is 0. The SMILES string of the molecule is CC(C)CCOC1COCC(NC(=O)OC(C)(C)C)C(=O)OC(C)C1OCCC(C)C. The van der Waals surface area contributed by atoms with E-state index < -0.39 is 35.9 Å². The van der Waals surface area contributed by atoms with Gasteiger partial charge in [-0.2, -0.15) is 0 Å². The second-order valence-electron chi connectivity index (χ2n) is 9.99. The van der Waals surface area contributed by atoms with Crippen molar-refractivity contribution in [1.82, 2.24) is 5.32 Å². The van der Waals surface area contributed by atoms with Crippen molar-refractivity contribution in [3.8, 4) is 0 Å². The molecule has 0 aromatic rings. The normalized spacial score (nSPS) is 25.5. The van der Waals surface area contributed by atoms with Crippen molar-refractivity contribution in [2.75, 3.05) is 26.4 Å². The lowest BCUT2D eigenvalue weighted by Crippen LogP contribution is -2.48. The number of hydrogen-bond acceptors (Lipinski definition) is 7. The molecule has 1 fully saturated rings. The Labute approximate surface area is 187 Å². The fourth-order valence-electron chi connectivity index (χ4n) is 2.93. The molecule has 0 spiro atoms. The average Bonchev–Trinajstić information content (AvgIpc) is 2.65. The molecule has 0 aromatic heterocycles. The number of ether oxygens (including phenoxy) is 5. The van der Waals surface area contributed by atoms with Crippen molar-refractivity contribution in [2.45, 2.75) is 98.2 Å². The topological polar surface area (TPSA) is 92.3 Å². The van der Waals surface area contributed by atoms with E-state index in [2.05, 4.69) is 33.0 Å². The van der Waals surface area contributed by atoms with Crippen molar-refractivity contribution in [3.05, 3.63) is 0 Å². The summed E-state index contributed by atoms with van der Waals surface area (Å²) in [5.41, 5.74) is -0.675. The van der Waals surface area contributed by atoms with Crippen LogP contribution in [0.3, 0.4) is 0 Å². The van der Waals surface area contributed by atoms with Crippen LogP contribution >= 0.6 is 0 Å². The number of nitrogens with one attached hydrogen (secondary N) is 1. The quantitative estimate of drug-likeness (QED) is 0.541. The number of carbonyl (C=O) groups excluding carboxylic acids is 2. The molecule has 1 saturated heterocycles. The fraction of sp³-hybridized carbons (Fsp3) is 0.913. The number of alkyl carbamates (subject to hydrolysis) is 1. The van der Waals surface area contributed by atoms with Crippen LogP contribution in [0.5, 0.6) is 0 Å². The second-order valence-corrected chi connectivity index (χ2v) is 9.99. The first-order valence-corrected chi connectivity index (χ1v) is 11.4. The number of hydrogen-bond donors (Lipinski definition) is 1. The fourth-order valence-corrected chi connectivity index (χ4v) is 2.93. The standard InChI is InChI=1S/C23H43NO7/c1-15(2)9-11-28-19-14-27-13-18(24-22(26)31-23(6,7)8)21(25)30-17(5)20(19)29-12-10-16(3)4/h15-20H,9-14H2,1-8H3,(H,24,26). The Hall–Kier alpha value is -1.38. The minimum Gasteiger partial charge on any atom is -0.458 e. The Balaban J connectivity index is 2.87. The van der Waals surface area contributed by atoms with Gasteiger partial charge in [0.15, 0.2) is 6.04 Å². The lowest BCUT2D eigenvalue weighted by molar-refractivity contribution is -0.168. The molecule has 1 rings (SSSR count). The Morgan fingerprint density at radius 1 is 1.06 bits per heavy atom. The van der Waals surface area contributed by atoms with Gasteiger partial charge in [-0.15, -0.1) is 0 Å². The Morgan fingerprint density at radius 2 is 1.65 bits per heavy atom. The zero-order valence-electron chi connectivity index (χ0n) is 20.6. The molecule has 8 nitrogen and oxygen atoms in total. The van der Waals surface area contributed by atoms with Crippen LogP contribution < -0.4 is 5.32 Å². The van der Waals surface area contributed by atoms with E-state index >= 15 is 0 Å². The molecule has 31 heavy (non-hydrogen) atoms. The monoisotopic (exact) mass is 445 g/mol. The minimum atomic E-state index is -0.969. The highest BCUT2D eigenvalue weighted by atomic mass is 16.6. The van der Waals surface area contributed by atoms with Crippen molar-refractivity contribution in [2.24, 2.45) is 11.8 Å². The molecular formula is C23H43NO7. The number of amides is 1. The highest BCUT2D eigenvalue weighted by Crippen LogP contribution is 2.18. The lowest BCUT2D eigenvalue weighted by atomic mass is 10.1. The van der Waals surface area contributed by atoms with Gasteiger partial charge in [0.2, 0.25) is 0 Å². The summed E-state index contributed by atoms with van der Waals surface area (Å²) in [5.74, 6) is 0.419. The Morgan fingerprint density at radius 3 is 2.19 bits per heavy atom. The molecule has 0 saturated carbocycles. The summed E-state index contributed by atoms with van der Waals surface area (Å²) < 4.78 is 28.9. The molecule has 0 aliphatic carbocycles. The van der Waals surface area contributed by atoms with Crippen LogP contribution in [0, 0.1) is 11.8 Å². The molecular weight excluding hydrogens is 402 g/mol. The molecule has 1 amide bonds. The molecule has 8 heteroatoms. The maximum atomic E-state index is 12.7. The predicted molar refractivity (Wildman–Crippen MR) is 118 cm³/mol. The van der Waals surface area contributed by atoms with Crippen molar-refractivity contribution < 1.29 is 33.3 Å². The maximum Gasteiger partial charge on any atom is 0.408 e. The number of cyclic esters (lactones) is 1. The van der Waals surface area contributed by atoms with E-state index in [1.165, 1.54) is 0 Å². The van der Waals surface area contributed by atoms with Gasteiger partial charge in [0.05, 0.1) is 13.2 Å². The first-order valence-electron chi connectivity index (χ1n) is 11.4. The van der Waals surface area contributed by atoms with Gasteiger partial charge in [-0.3, -0.25) is 0 Å². The molecule has 1 aliphatic rings. The number of carbonyl (C=O) groups is 2. The predicted octanol–water partition coefficient (Wildman–Crippen LogP) is 3.70. The Kier molecular flexibility index (Phi) is 11.8. The van der Waals surface area contributed by atoms with E-state index in [-0.39, 0.29) is 19.3 Å². The smallest absolute Gasteiger partial charge is 0.408 e. The highest BCUT2D eigenvalue weighted by molar-refractivity contribution is 5.81. The van der Waals surface area contributed by atoms with Crippen LogP contribution in [0.1, 0.15) is 68.2 Å². The van der Waals surface area contributed by atoms with Gasteiger partial charge < -0.3 is 29.0 Å². The molecule has 182 valence electrons. The molecule has 0 radical (unpaired) electrons. The summed E-state index contributed by atoms with van der Waals surface area (Å²) in [5, 5.41) is 2.54. The van der Waals surface area contributed by atoms with Crippen LogP contribution in [-0.2, 0) is 28.5 Å². The zero-order valence-corrected chi connectivity index (χ0v) is 20.6. The maximum absolute atomic E-state index is 12.7. The van der Waals surface area contributed by atoms with Crippen LogP contribution in [0.25, 0.3) is 0 Å². The summed E-state index contributed by atoms with van der Waals surface area (Å²) in [6.45, 7) is 16.9. The van der Waals surface area contributed by atoms with Crippen molar-refractivity contribution in [3.63, 3.8) is 0 Å². The van der Waals surface area contributed by atoms with E-state index in [1.54, 1.807) is 27.7 Å². The van der Waals surface area contributed by atoms with Gasteiger partial charge in [0, 0.05) is 13.2 Å². The number of esters is 1. The summed E-state index contributed by atoms with van der Waals surface area (Å²) in [4.78, 5) is 24.8. The van der Waals surface area contributed by atoms with E-state index in [9.17, 15) is 9.59 Å². The third-order valence-corrected chi connectivity index (χ3v) is 4.71. The van der Waals surface area contributed by atoms with E-state index in [0.29, 0.717) is 25.0 Å². The average molecular weight is 446 g/mol. The van der Waals surface area contributed by atoms with E-state index in [4.69, 9.17) is 23.7 Å². The molecule has 1 heterocycles. The second kappa shape index (κ2) is 13.2. The van der Waals surface area contributed by atoms with Gasteiger partial charge in [0.25, 0.3) is 0 Å². The summed E-state index contributed by atoms with van der Waals surface area (Å²) >= 11 is 0. The van der Waals surface area contributed by atoms with E-state index in [0.717, 1.165) is 12.8 Å². The van der Waals surface area contributed by atoms with Gasteiger partial charge >= 0.3 is 12.1 Å². The van der Waals surface area contributed by atoms with Crippen molar-refractivity contribution in [1.29, 1.82) is 0 Å². The highest BCUT2D eigenvalue weighted by Gasteiger charge is 2.36. The zero-order chi connectivity index (χ0) is 23.6. The first-order chi connectivity index (χ1) is 14.4. The minimum absolute atomic E-state index is 0.0342. The molecule has 4 atom stereocenters. The van der Waals surface area contributed by atoms with Gasteiger partial charge in [-0.05, 0) is 52.4 Å². The molecule has 0 aromatic carbocycles. The van der Waals surface area contributed by atoms with E-state index in [1.807, 2.05) is 0 Å². The van der Waals surface area contributed by atoms with Gasteiger partial charge in [-0.1, -0.05) is 27.7 Å². The molecule has 1 aliphatic heterocycles. The van der Waals surface area contributed by atoms with Crippen molar-refractivity contribution >= 4 is 12.1 Å². The van der Waals surface area contributed by atoms with Crippen LogP contribution in [0.2, 0.25) is 0 Å². The summed E-state index contributed by atoms with van der Waals surface area (Å²) in [6, 6.07) is -0.969. The summed E-state index contributed by atoms with van der Waals surface area (Å²) in [6.07, 6.45) is -0.303. The first kappa shape index (κ1) is 27.7. The van der Waals surface area contributed by atoms with Gasteiger partial charge in [-0.25, -0.2) is 9.59 Å².